The average molecular weight is 323 g/mol. The van der Waals surface area contributed by atoms with Crippen LogP contribution in [0.3, 0.4) is 0 Å². The van der Waals surface area contributed by atoms with Gasteiger partial charge in [0.15, 0.2) is 0 Å². The number of aryl methyl sites for hydroxylation is 1. The number of amides is 2. The molecule has 2 aromatic rings. The molecule has 0 spiro atoms. The van der Waals surface area contributed by atoms with E-state index in [0.29, 0.717) is 16.5 Å². The number of carbonyl (C=O) groups is 2. The highest BCUT2D eigenvalue weighted by Crippen LogP contribution is 2.20. The Morgan fingerprint density at radius 2 is 2.09 bits per heavy atom. The maximum atomic E-state index is 11.9. The second kappa shape index (κ2) is 7.11. The number of benzene rings is 1. The first-order valence-corrected chi connectivity index (χ1v) is 6.91. The van der Waals surface area contributed by atoms with Crippen LogP contribution >= 0.6 is 11.6 Å². The van der Waals surface area contributed by atoms with E-state index >= 15 is 0 Å². The summed E-state index contributed by atoms with van der Waals surface area (Å²) in [6.45, 7) is 1.39. The second-order valence-corrected chi connectivity index (χ2v) is 5.07. The molecule has 6 nitrogen and oxygen atoms in total. The predicted octanol–water partition coefficient (Wildman–Crippen LogP) is 2.03. The van der Waals surface area contributed by atoms with Gasteiger partial charge in [-0.1, -0.05) is 17.7 Å². The molecular formula is C15H15ClN2O4. The van der Waals surface area contributed by atoms with Crippen molar-refractivity contribution >= 4 is 29.1 Å². The molecule has 0 aliphatic rings. The molecule has 0 saturated heterocycles. The molecule has 1 aromatic carbocycles. The van der Waals surface area contributed by atoms with E-state index in [1.165, 1.54) is 6.26 Å². The summed E-state index contributed by atoms with van der Waals surface area (Å²) in [5, 5.41) is 14.6. The molecule has 2 amide bonds. The molecule has 0 fully saturated rings. The van der Waals surface area contributed by atoms with Crippen molar-refractivity contribution in [2.75, 3.05) is 11.9 Å². The first kappa shape index (κ1) is 16.1. The van der Waals surface area contributed by atoms with Gasteiger partial charge in [0, 0.05) is 10.7 Å². The zero-order chi connectivity index (χ0) is 16.1. The van der Waals surface area contributed by atoms with Gasteiger partial charge >= 0.3 is 11.8 Å². The first-order chi connectivity index (χ1) is 10.5. The largest absolute Gasteiger partial charge is 0.467 e. The van der Waals surface area contributed by atoms with E-state index in [-0.39, 0.29) is 6.61 Å². The third-order valence-electron chi connectivity index (χ3n) is 3.03. The van der Waals surface area contributed by atoms with Crippen LogP contribution in [0.2, 0.25) is 5.02 Å². The normalized spacial score (nSPS) is 11.8. The van der Waals surface area contributed by atoms with E-state index in [2.05, 4.69) is 10.6 Å². The van der Waals surface area contributed by atoms with Gasteiger partial charge in [-0.3, -0.25) is 9.59 Å². The predicted molar refractivity (Wildman–Crippen MR) is 81.5 cm³/mol. The number of hydrogen-bond donors (Lipinski definition) is 3. The van der Waals surface area contributed by atoms with Gasteiger partial charge in [0.25, 0.3) is 0 Å². The first-order valence-electron chi connectivity index (χ1n) is 6.53. The minimum absolute atomic E-state index is 0.364. The molecule has 0 aliphatic carbocycles. The molecule has 1 unspecified atom stereocenters. The lowest BCUT2D eigenvalue weighted by molar-refractivity contribution is -0.136. The van der Waals surface area contributed by atoms with E-state index in [9.17, 15) is 14.7 Å². The van der Waals surface area contributed by atoms with E-state index in [0.717, 1.165) is 5.56 Å². The highest BCUT2D eigenvalue weighted by atomic mass is 35.5. The van der Waals surface area contributed by atoms with Crippen LogP contribution in [0, 0.1) is 6.92 Å². The number of halogens is 1. The maximum Gasteiger partial charge on any atom is 0.313 e. The molecular weight excluding hydrogens is 308 g/mol. The van der Waals surface area contributed by atoms with Crippen LogP contribution in [-0.2, 0) is 9.59 Å². The Morgan fingerprint density at radius 3 is 2.73 bits per heavy atom. The summed E-state index contributed by atoms with van der Waals surface area (Å²) < 4.78 is 5.10. The van der Waals surface area contributed by atoms with Crippen molar-refractivity contribution < 1.29 is 19.1 Å². The van der Waals surface area contributed by atoms with Gasteiger partial charge in [-0.25, -0.2) is 0 Å². The lowest BCUT2D eigenvalue weighted by Gasteiger charge is -2.14. The second-order valence-electron chi connectivity index (χ2n) is 4.64. The van der Waals surface area contributed by atoms with Gasteiger partial charge in [0.1, 0.15) is 11.8 Å². The Balaban J connectivity index is 2.03. The number of furan rings is 1. The Bertz CT molecular complexity index is 670. The van der Waals surface area contributed by atoms with Crippen molar-refractivity contribution in [3.8, 4) is 0 Å². The van der Waals surface area contributed by atoms with E-state index in [4.69, 9.17) is 16.0 Å². The summed E-state index contributed by atoms with van der Waals surface area (Å²) in [5.41, 5.74) is 1.22. The van der Waals surface area contributed by atoms with Gasteiger partial charge < -0.3 is 20.2 Å². The Hall–Kier alpha value is -2.31. The van der Waals surface area contributed by atoms with Crippen molar-refractivity contribution in [3.63, 3.8) is 0 Å². The quantitative estimate of drug-likeness (QED) is 0.751. The molecule has 22 heavy (non-hydrogen) atoms. The lowest BCUT2D eigenvalue weighted by Crippen LogP contribution is -2.39. The molecule has 1 atom stereocenters. The summed E-state index contributed by atoms with van der Waals surface area (Å²) >= 11 is 5.86. The van der Waals surface area contributed by atoms with Crippen LogP contribution < -0.4 is 10.6 Å². The summed E-state index contributed by atoms with van der Waals surface area (Å²) in [6, 6.07) is 7.41. The number of carbonyl (C=O) groups excluding carboxylic acids is 2. The van der Waals surface area contributed by atoms with Gasteiger partial charge in [0.05, 0.1) is 12.9 Å². The molecule has 1 aromatic heterocycles. The van der Waals surface area contributed by atoms with Crippen LogP contribution in [0.15, 0.2) is 41.0 Å². The lowest BCUT2D eigenvalue weighted by atomic mass is 10.2. The smallest absolute Gasteiger partial charge is 0.313 e. The molecule has 0 radical (unpaired) electrons. The van der Waals surface area contributed by atoms with Crippen molar-refractivity contribution in [2.45, 2.75) is 13.0 Å². The third-order valence-corrected chi connectivity index (χ3v) is 3.26. The van der Waals surface area contributed by atoms with Crippen LogP contribution in [0.4, 0.5) is 5.69 Å². The molecule has 0 aliphatic heterocycles. The number of aliphatic hydroxyl groups is 1. The van der Waals surface area contributed by atoms with Crippen LogP contribution in [0.5, 0.6) is 0 Å². The average Bonchev–Trinajstić information content (AvgIpc) is 3.02. The number of hydrogen-bond acceptors (Lipinski definition) is 4. The summed E-state index contributed by atoms with van der Waals surface area (Å²) in [7, 11) is 0. The zero-order valence-corrected chi connectivity index (χ0v) is 12.6. The zero-order valence-electron chi connectivity index (χ0n) is 11.8. The fraction of sp³-hybridized carbons (Fsp3) is 0.200. The monoisotopic (exact) mass is 322 g/mol. The van der Waals surface area contributed by atoms with Gasteiger partial charge in [-0.05, 0) is 36.8 Å². The summed E-state index contributed by atoms with van der Waals surface area (Å²) in [5.74, 6) is -1.37. The highest BCUT2D eigenvalue weighted by Gasteiger charge is 2.21. The standard InChI is InChI=1S/C15H15ClN2O4/c1-9-4-5-10(16)7-11(9)17-14(20)15(21)18-12(8-19)13-3-2-6-22-13/h2-7,12,19H,8H2,1H3,(H,17,20)(H,18,21). The SMILES string of the molecule is Cc1ccc(Cl)cc1NC(=O)C(=O)NC(CO)c1ccco1. The molecule has 0 bridgehead atoms. The van der Waals surface area contributed by atoms with Gasteiger partial charge in [-0.2, -0.15) is 0 Å². The minimum atomic E-state index is -0.880. The fourth-order valence-corrected chi connectivity index (χ4v) is 2.00. The van der Waals surface area contributed by atoms with Crippen molar-refractivity contribution in [3.05, 3.63) is 52.9 Å². The van der Waals surface area contributed by atoms with Crippen LogP contribution in [0.25, 0.3) is 0 Å². The maximum absolute atomic E-state index is 11.9. The van der Waals surface area contributed by atoms with Crippen molar-refractivity contribution in [1.82, 2.24) is 5.32 Å². The van der Waals surface area contributed by atoms with Crippen LogP contribution in [-0.4, -0.2) is 23.5 Å². The summed E-state index contributed by atoms with van der Waals surface area (Å²) in [6.07, 6.45) is 1.42. The highest BCUT2D eigenvalue weighted by molar-refractivity contribution is 6.40. The minimum Gasteiger partial charge on any atom is -0.467 e. The van der Waals surface area contributed by atoms with E-state index in [1.54, 1.807) is 37.3 Å². The third kappa shape index (κ3) is 3.87. The summed E-state index contributed by atoms with van der Waals surface area (Å²) in [4.78, 5) is 23.8. The Morgan fingerprint density at radius 1 is 1.32 bits per heavy atom. The van der Waals surface area contributed by atoms with Crippen molar-refractivity contribution in [1.29, 1.82) is 0 Å². The fourth-order valence-electron chi connectivity index (χ4n) is 1.83. The van der Waals surface area contributed by atoms with E-state index in [1.807, 2.05) is 0 Å². The number of rotatable bonds is 4. The van der Waals surface area contributed by atoms with Crippen LogP contribution in [0.1, 0.15) is 17.4 Å². The number of aliphatic hydroxyl groups excluding tert-OH is 1. The Kier molecular flexibility index (Phi) is 5.19. The molecule has 2 rings (SSSR count). The molecule has 3 N–H and O–H groups in total. The molecule has 1 heterocycles. The number of nitrogens with one attached hydrogen (secondary N) is 2. The van der Waals surface area contributed by atoms with Gasteiger partial charge in [0.2, 0.25) is 0 Å². The van der Waals surface area contributed by atoms with Crippen molar-refractivity contribution in [2.24, 2.45) is 0 Å². The number of anilines is 1. The topological polar surface area (TPSA) is 91.6 Å². The van der Waals surface area contributed by atoms with Gasteiger partial charge in [-0.15, -0.1) is 0 Å². The molecule has 0 saturated carbocycles. The Labute approximate surface area is 132 Å². The van der Waals surface area contributed by atoms with E-state index < -0.39 is 17.9 Å². The molecule has 7 heteroatoms. The molecule has 116 valence electrons.